The first-order chi connectivity index (χ1) is 10.0. The van der Waals surface area contributed by atoms with Crippen LogP contribution in [0.25, 0.3) is 0 Å². The smallest absolute Gasteiger partial charge is 0.323 e. The highest BCUT2D eigenvalue weighted by Gasteiger charge is 2.20. The van der Waals surface area contributed by atoms with E-state index in [1.54, 1.807) is 30.5 Å². The fraction of sp³-hybridized carbons (Fsp3) is 0.200. The van der Waals surface area contributed by atoms with Gasteiger partial charge in [-0.05, 0) is 31.2 Å². The fourth-order valence-corrected chi connectivity index (χ4v) is 2.13. The largest absolute Gasteiger partial charge is 0.508 e. The number of aliphatic carboxylic acids is 1. The van der Waals surface area contributed by atoms with Gasteiger partial charge in [-0.25, -0.2) is 0 Å². The predicted molar refractivity (Wildman–Crippen MR) is 77.5 cm³/mol. The Morgan fingerprint density at radius 1 is 1.24 bits per heavy atom. The highest BCUT2D eigenvalue weighted by Crippen LogP contribution is 2.22. The molecule has 1 amide bonds. The quantitative estimate of drug-likeness (QED) is 0.881. The molecule has 0 spiro atoms. The third-order valence-electron chi connectivity index (χ3n) is 3.06. The van der Waals surface area contributed by atoms with Gasteiger partial charge in [0.15, 0.2) is 0 Å². The number of hydrogen-bond acceptors (Lipinski definition) is 3. The number of rotatable bonds is 5. The number of aromatic nitrogens is 1. The van der Waals surface area contributed by atoms with Crippen LogP contribution >= 0.6 is 0 Å². The molecule has 0 radical (unpaired) electrons. The molecule has 0 aliphatic rings. The van der Waals surface area contributed by atoms with Crippen LogP contribution in [0.15, 0.2) is 42.6 Å². The third kappa shape index (κ3) is 3.22. The molecule has 2 rings (SSSR count). The number of carbonyl (C=O) groups is 2. The molecule has 21 heavy (non-hydrogen) atoms. The molecule has 6 heteroatoms. The summed E-state index contributed by atoms with van der Waals surface area (Å²) in [5, 5.41) is 18.4. The minimum atomic E-state index is -1.01. The number of benzene rings is 1. The van der Waals surface area contributed by atoms with Gasteiger partial charge >= 0.3 is 5.97 Å². The molecule has 0 saturated heterocycles. The number of aromatic hydroxyl groups is 1. The topological polar surface area (TPSA) is 82.8 Å². The normalized spacial score (nSPS) is 10.3. The number of anilines is 1. The molecule has 1 aromatic carbocycles. The van der Waals surface area contributed by atoms with Gasteiger partial charge in [0, 0.05) is 24.5 Å². The standard InChI is InChI=1S/C15H16N2O4/c1-2-17(11-5-3-6-12(18)9-11)15(21)13-7-4-8-16(13)10-14(19)20/h3-9,18H,2,10H2,1H3,(H,19,20). The zero-order chi connectivity index (χ0) is 15.4. The van der Waals surface area contributed by atoms with Gasteiger partial charge in [0.1, 0.15) is 18.0 Å². The molecule has 1 heterocycles. The Bertz CT molecular complexity index is 663. The predicted octanol–water partition coefficient (Wildman–Crippen LogP) is 1.94. The van der Waals surface area contributed by atoms with Crippen LogP contribution in [0.5, 0.6) is 5.75 Å². The maximum atomic E-state index is 12.6. The number of nitrogens with zero attached hydrogens (tertiary/aromatic N) is 2. The molecule has 2 aromatic rings. The summed E-state index contributed by atoms with van der Waals surface area (Å²) in [4.78, 5) is 24.9. The lowest BCUT2D eigenvalue weighted by atomic mass is 10.2. The van der Waals surface area contributed by atoms with Gasteiger partial charge in [-0.3, -0.25) is 9.59 Å². The summed E-state index contributed by atoms with van der Waals surface area (Å²) in [6.07, 6.45) is 1.55. The summed E-state index contributed by atoms with van der Waals surface area (Å²) in [6.45, 7) is 1.94. The SMILES string of the molecule is CCN(C(=O)c1cccn1CC(=O)O)c1cccc(O)c1. The monoisotopic (exact) mass is 288 g/mol. The van der Waals surface area contributed by atoms with Crippen LogP contribution in [0.2, 0.25) is 0 Å². The third-order valence-corrected chi connectivity index (χ3v) is 3.06. The highest BCUT2D eigenvalue weighted by atomic mass is 16.4. The second-order valence-corrected chi connectivity index (χ2v) is 4.48. The van der Waals surface area contributed by atoms with Crippen molar-refractivity contribution in [3.8, 4) is 5.75 Å². The maximum absolute atomic E-state index is 12.6. The van der Waals surface area contributed by atoms with Crippen molar-refractivity contribution in [3.05, 3.63) is 48.3 Å². The Hall–Kier alpha value is -2.76. The van der Waals surface area contributed by atoms with Crippen LogP contribution in [-0.4, -0.2) is 33.2 Å². The second-order valence-electron chi connectivity index (χ2n) is 4.48. The van der Waals surface area contributed by atoms with Crippen LogP contribution in [0.3, 0.4) is 0 Å². The molecule has 0 saturated carbocycles. The summed E-state index contributed by atoms with van der Waals surface area (Å²) >= 11 is 0. The van der Waals surface area contributed by atoms with Gasteiger partial charge in [-0.2, -0.15) is 0 Å². The molecule has 1 aromatic heterocycles. The molecule has 110 valence electrons. The molecule has 0 atom stereocenters. The molecule has 0 bridgehead atoms. The van der Waals surface area contributed by atoms with Crippen molar-refractivity contribution in [1.82, 2.24) is 4.57 Å². The van der Waals surface area contributed by atoms with E-state index in [1.807, 2.05) is 6.92 Å². The lowest BCUT2D eigenvalue weighted by molar-refractivity contribution is -0.137. The van der Waals surface area contributed by atoms with Crippen molar-refractivity contribution in [3.63, 3.8) is 0 Å². The Balaban J connectivity index is 2.33. The number of phenols is 1. The van der Waals surface area contributed by atoms with Gasteiger partial charge in [0.05, 0.1) is 0 Å². The van der Waals surface area contributed by atoms with E-state index in [0.717, 1.165) is 0 Å². The van der Waals surface area contributed by atoms with Crippen molar-refractivity contribution >= 4 is 17.6 Å². The summed E-state index contributed by atoms with van der Waals surface area (Å²) in [7, 11) is 0. The van der Waals surface area contributed by atoms with E-state index in [4.69, 9.17) is 5.11 Å². The van der Waals surface area contributed by atoms with Crippen LogP contribution in [0.4, 0.5) is 5.69 Å². The lowest BCUT2D eigenvalue weighted by Gasteiger charge is -2.21. The van der Waals surface area contributed by atoms with Gasteiger partial charge in [-0.1, -0.05) is 6.07 Å². The molecule has 2 N–H and O–H groups in total. The Morgan fingerprint density at radius 3 is 2.62 bits per heavy atom. The minimum absolute atomic E-state index is 0.0691. The number of amides is 1. The first-order valence-corrected chi connectivity index (χ1v) is 6.50. The first kappa shape index (κ1) is 14.6. The average Bonchev–Trinajstić information content (AvgIpc) is 2.86. The van der Waals surface area contributed by atoms with E-state index in [0.29, 0.717) is 17.9 Å². The van der Waals surface area contributed by atoms with E-state index in [2.05, 4.69) is 0 Å². The number of carboxylic acid groups (broad SMARTS) is 1. The van der Waals surface area contributed by atoms with Crippen molar-refractivity contribution in [1.29, 1.82) is 0 Å². The van der Waals surface area contributed by atoms with Crippen molar-refractivity contribution < 1.29 is 19.8 Å². The second kappa shape index (κ2) is 6.13. The highest BCUT2D eigenvalue weighted by molar-refractivity contribution is 6.05. The molecule has 0 fully saturated rings. The number of hydrogen-bond donors (Lipinski definition) is 2. The zero-order valence-electron chi connectivity index (χ0n) is 11.6. The van der Waals surface area contributed by atoms with Crippen molar-refractivity contribution in [2.45, 2.75) is 13.5 Å². The van der Waals surface area contributed by atoms with E-state index >= 15 is 0 Å². The van der Waals surface area contributed by atoms with Crippen LogP contribution in [-0.2, 0) is 11.3 Å². The molecule has 0 unspecified atom stereocenters. The summed E-state index contributed by atoms with van der Waals surface area (Å²) in [5.74, 6) is -1.25. The Kier molecular flexibility index (Phi) is 4.27. The van der Waals surface area contributed by atoms with E-state index in [9.17, 15) is 14.7 Å². The Morgan fingerprint density at radius 2 is 2.00 bits per heavy atom. The number of phenolic OH excluding ortho intramolecular Hbond substituents is 1. The molecule has 0 aliphatic carbocycles. The lowest BCUT2D eigenvalue weighted by Crippen LogP contribution is -2.32. The summed E-state index contributed by atoms with van der Waals surface area (Å²) in [6, 6.07) is 9.59. The summed E-state index contributed by atoms with van der Waals surface area (Å²) in [5.41, 5.74) is 0.855. The first-order valence-electron chi connectivity index (χ1n) is 6.50. The van der Waals surface area contributed by atoms with Gasteiger partial charge in [0.2, 0.25) is 0 Å². The summed E-state index contributed by atoms with van der Waals surface area (Å²) < 4.78 is 1.39. The Labute approximate surface area is 121 Å². The van der Waals surface area contributed by atoms with Gasteiger partial charge in [0.25, 0.3) is 5.91 Å². The van der Waals surface area contributed by atoms with Gasteiger partial charge in [-0.15, -0.1) is 0 Å². The molecular weight excluding hydrogens is 272 g/mol. The van der Waals surface area contributed by atoms with Crippen molar-refractivity contribution in [2.75, 3.05) is 11.4 Å². The number of carboxylic acids is 1. The van der Waals surface area contributed by atoms with E-state index in [1.165, 1.54) is 21.6 Å². The number of carbonyl (C=O) groups excluding carboxylic acids is 1. The van der Waals surface area contributed by atoms with Gasteiger partial charge < -0.3 is 19.7 Å². The minimum Gasteiger partial charge on any atom is -0.508 e. The van der Waals surface area contributed by atoms with E-state index in [-0.39, 0.29) is 18.2 Å². The fourth-order valence-electron chi connectivity index (χ4n) is 2.13. The molecular formula is C15H16N2O4. The van der Waals surface area contributed by atoms with Crippen molar-refractivity contribution in [2.24, 2.45) is 0 Å². The molecule has 6 nitrogen and oxygen atoms in total. The maximum Gasteiger partial charge on any atom is 0.323 e. The average molecular weight is 288 g/mol. The van der Waals surface area contributed by atoms with E-state index < -0.39 is 5.97 Å². The zero-order valence-corrected chi connectivity index (χ0v) is 11.6. The van der Waals surface area contributed by atoms with Crippen LogP contribution in [0, 0.1) is 0 Å². The van der Waals surface area contributed by atoms with Crippen LogP contribution < -0.4 is 4.90 Å². The van der Waals surface area contributed by atoms with Crippen LogP contribution in [0.1, 0.15) is 17.4 Å². The molecule has 0 aliphatic heterocycles.